The fourth-order valence-electron chi connectivity index (χ4n) is 1.94. The van der Waals surface area contributed by atoms with Crippen molar-refractivity contribution in [2.75, 3.05) is 24.2 Å². The van der Waals surface area contributed by atoms with Gasteiger partial charge in [0.05, 0.1) is 34.0 Å². The number of aromatic nitrogens is 1. The minimum absolute atomic E-state index is 0.207. The van der Waals surface area contributed by atoms with Gasteiger partial charge in [0, 0.05) is 19.0 Å². The fourth-order valence-corrected chi connectivity index (χ4v) is 3.55. The highest BCUT2D eigenvalue weighted by Gasteiger charge is 2.16. The van der Waals surface area contributed by atoms with Crippen LogP contribution in [0.1, 0.15) is 12.6 Å². The minimum Gasteiger partial charge on any atom is -0.397 e. The molecule has 0 aliphatic carbocycles. The van der Waals surface area contributed by atoms with Crippen LogP contribution in [0.5, 0.6) is 0 Å². The number of sulfonamides is 1. The van der Waals surface area contributed by atoms with E-state index in [4.69, 9.17) is 5.73 Å². The van der Waals surface area contributed by atoms with Gasteiger partial charge in [-0.05, 0) is 18.2 Å². The summed E-state index contributed by atoms with van der Waals surface area (Å²) in [6, 6.07) is 4.70. The van der Waals surface area contributed by atoms with Crippen molar-refractivity contribution >= 4 is 32.7 Å². The lowest BCUT2D eigenvalue weighted by Crippen LogP contribution is -2.24. The first-order valence-corrected chi connectivity index (χ1v) is 8.84. The summed E-state index contributed by atoms with van der Waals surface area (Å²) in [5.74, 6) is 0. The maximum absolute atomic E-state index is 12.1. The smallest absolute Gasteiger partial charge is 0.240 e. The minimum atomic E-state index is -3.49. The summed E-state index contributed by atoms with van der Waals surface area (Å²) >= 11 is 1.52. The van der Waals surface area contributed by atoms with Crippen LogP contribution in [-0.2, 0) is 16.6 Å². The Bertz CT molecular complexity index is 699. The molecule has 0 spiro atoms. The largest absolute Gasteiger partial charge is 0.397 e. The van der Waals surface area contributed by atoms with E-state index in [0.717, 1.165) is 5.69 Å². The first-order valence-electron chi connectivity index (χ1n) is 6.41. The SMILES string of the molecule is CCNS(=O)(=O)c1ccc(N)c(N(C)Cc2cscn2)c1. The third-order valence-electron chi connectivity index (χ3n) is 2.94. The fraction of sp³-hybridized carbons (Fsp3) is 0.308. The van der Waals surface area contributed by atoms with Crippen LogP contribution in [0.3, 0.4) is 0 Å². The third-order valence-corrected chi connectivity index (χ3v) is 5.12. The van der Waals surface area contributed by atoms with Crippen LogP contribution in [-0.4, -0.2) is 27.0 Å². The first-order chi connectivity index (χ1) is 9.94. The Kier molecular flexibility index (Phi) is 4.81. The summed E-state index contributed by atoms with van der Waals surface area (Å²) in [5, 5.41) is 1.95. The Morgan fingerprint density at radius 1 is 1.43 bits per heavy atom. The molecule has 21 heavy (non-hydrogen) atoms. The molecule has 0 saturated carbocycles. The van der Waals surface area contributed by atoms with Crippen molar-refractivity contribution in [3.63, 3.8) is 0 Å². The van der Waals surface area contributed by atoms with Crippen LogP contribution < -0.4 is 15.4 Å². The summed E-state index contributed by atoms with van der Waals surface area (Å²) in [6.07, 6.45) is 0. The van der Waals surface area contributed by atoms with E-state index in [1.165, 1.54) is 17.4 Å². The second-order valence-electron chi connectivity index (χ2n) is 4.56. The molecule has 0 saturated heterocycles. The lowest BCUT2D eigenvalue weighted by molar-refractivity contribution is 0.584. The molecule has 6 nitrogen and oxygen atoms in total. The predicted octanol–water partition coefficient (Wildman–Crippen LogP) is 1.66. The van der Waals surface area contributed by atoms with E-state index in [1.54, 1.807) is 24.6 Å². The molecule has 1 aromatic heterocycles. The van der Waals surface area contributed by atoms with E-state index in [-0.39, 0.29) is 4.90 Å². The van der Waals surface area contributed by atoms with Crippen LogP contribution in [0.4, 0.5) is 11.4 Å². The summed E-state index contributed by atoms with van der Waals surface area (Å²) in [4.78, 5) is 6.31. The summed E-state index contributed by atoms with van der Waals surface area (Å²) < 4.78 is 26.6. The topological polar surface area (TPSA) is 88.3 Å². The lowest BCUT2D eigenvalue weighted by atomic mass is 10.2. The summed E-state index contributed by atoms with van der Waals surface area (Å²) in [6.45, 7) is 2.65. The van der Waals surface area contributed by atoms with Crippen molar-refractivity contribution in [3.8, 4) is 0 Å². The molecule has 0 aliphatic rings. The van der Waals surface area contributed by atoms with Gasteiger partial charge in [0.1, 0.15) is 0 Å². The molecule has 1 heterocycles. The van der Waals surface area contributed by atoms with E-state index >= 15 is 0 Å². The Labute approximate surface area is 128 Å². The quantitative estimate of drug-likeness (QED) is 0.788. The number of hydrogen-bond donors (Lipinski definition) is 2. The van der Waals surface area contributed by atoms with Gasteiger partial charge >= 0.3 is 0 Å². The normalized spacial score (nSPS) is 11.5. The number of anilines is 2. The number of benzene rings is 1. The predicted molar refractivity (Wildman–Crippen MR) is 85.9 cm³/mol. The molecule has 0 bridgehead atoms. The lowest BCUT2D eigenvalue weighted by Gasteiger charge is -2.21. The number of nitrogen functional groups attached to an aromatic ring is 1. The second kappa shape index (κ2) is 6.42. The zero-order valence-corrected chi connectivity index (χ0v) is 13.5. The van der Waals surface area contributed by atoms with Crippen molar-refractivity contribution in [1.82, 2.24) is 9.71 Å². The Morgan fingerprint density at radius 3 is 2.81 bits per heavy atom. The van der Waals surface area contributed by atoms with Crippen molar-refractivity contribution in [3.05, 3.63) is 34.8 Å². The molecule has 114 valence electrons. The van der Waals surface area contributed by atoms with Gasteiger partial charge in [-0.25, -0.2) is 18.1 Å². The molecule has 0 atom stereocenters. The Hall–Kier alpha value is -1.64. The highest BCUT2D eigenvalue weighted by atomic mass is 32.2. The van der Waals surface area contributed by atoms with Crippen LogP contribution in [0.15, 0.2) is 34.0 Å². The molecule has 8 heteroatoms. The van der Waals surface area contributed by atoms with Gasteiger partial charge < -0.3 is 10.6 Å². The third kappa shape index (κ3) is 3.72. The van der Waals surface area contributed by atoms with E-state index < -0.39 is 10.0 Å². The maximum Gasteiger partial charge on any atom is 0.240 e. The van der Waals surface area contributed by atoms with E-state index in [1.807, 2.05) is 17.3 Å². The Morgan fingerprint density at radius 2 is 2.19 bits per heavy atom. The van der Waals surface area contributed by atoms with Crippen molar-refractivity contribution in [2.45, 2.75) is 18.4 Å². The average Bonchev–Trinajstić information content (AvgIpc) is 2.91. The molecule has 0 aliphatic heterocycles. The zero-order valence-electron chi connectivity index (χ0n) is 11.9. The first kappa shape index (κ1) is 15.7. The van der Waals surface area contributed by atoms with Crippen molar-refractivity contribution < 1.29 is 8.42 Å². The molecule has 2 rings (SSSR count). The number of nitrogens with zero attached hydrogens (tertiary/aromatic N) is 2. The van der Waals surface area contributed by atoms with Gasteiger partial charge in [-0.2, -0.15) is 0 Å². The molecule has 0 radical (unpaired) electrons. The van der Waals surface area contributed by atoms with E-state index in [0.29, 0.717) is 24.5 Å². The van der Waals surface area contributed by atoms with Gasteiger partial charge in [0.25, 0.3) is 0 Å². The average molecular weight is 326 g/mol. The molecule has 2 aromatic rings. The highest BCUT2D eigenvalue weighted by molar-refractivity contribution is 7.89. The summed E-state index contributed by atoms with van der Waals surface area (Å²) in [5.41, 5.74) is 9.84. The second-order valence-corrected chi connectivity index (χ2v) is 7.04. The molecule has 0 amide bonds. The monoisotopic (exact) mass is 326 g/mol. The van der Waals surface area contributed by atoms with E-state index in [2.05, 4.69) is 9.71 Å². The van der Waals surface area contributed by atoms with Crippen molar-refractivity contribution in [2.24, 2.45) is 0 Å². The van der Waals surface area contributed by atoms with Gasteiger partial charge in [-0.1, -0.05) is 6.92 Å². The number of hydrogen-bond acceptors (Lipinski definition) is 6. The number of thiazole rings is 1. The van der Waals surface area contributed by atoms with Gasteiger partial charge in [0.2, 0.25) is 10.0 Å². The zero-order chi connectivity index (χ0) is 15.5. The molecular formula is C13H18N4O2S2. The van der Waals surface area contributed by atoms with Crippen LogP contribution in [0, 0.1) is 0 Å². The van der Waals surface area contributed by atoms with Gasteiger partial charge in [0.15, 0.2) is 0 Å². The molecule has 0 unspecified atom stereocenters. The number of rotatable bonds is 6. The van der Waals surface area contributed by atoms with Crippen molar-refractivity contribution in [1.29, 1.82) is 0 Å². The summed E-state index contributed by atoms with van der Waals surface area (Å²) in [7, 11) is -1.64. The van der Waals surface area contributed by atoms with E-state index in [9.17, 15) is 8.42 Å². The molecular weight excluding hydrogens is 308 g/mol. The number of nitrogens with two attached hydrogens (primary N) is 1. The van der Waals surface area contributed by atoms with Crippen LogP contribution in [0.25, 0.3) is 0 Å². The molecule has 3 N–H and O–H groups in total. The Balaban J connectivity index is 2.31. The number of nitrogens with one attached hydrogen (secondary N) is 1. The maximum atomic E-state index is 12.1. The standard InChI is InChI=1S/C13H18N4O2S2/c1-3-16-21(18,19)11-4-5-12(14)13(6-11)17(2)7-10-8-20-9-15-10/h4-6,8-9,16H,3,7,14H2,1-2H3. The van der Waals surface area contributed by atoms with Gasteiger partial charge in [-0.3, -0.25) is 0 Å². The van der Waals surface area contributed by atoms with Gasteiger partial charge in [-0.15, -0.1) is 11.3 Å². The molecule has 0 fully saturated rings. The highest BCUT2D eigenvalue weighted by Crippen LogP contribution is 2.27. The van der Waals surface area contributed by atoms with Crippen LogP contribution >= 0.6 is 11.3 Å². The molecule has 1 aromatic carbocycles. The van der Waals surface area contributed by atoms with Crippen LogP contribution in [0.2, 0.25) is 0 Å².